The summed E-state index contributed by atoms with van der Waals surface area (Å²) in [7, 11) is 0. The zero-order valence-electron chi connectivity index (χ0n) is 15.5. The maximum absolute atomic E-state index is 13.0. The molecule has 1 heterocycles. The van der Waals surface area contributed by atoms with Crippen molar-refractivity contribution >= 4 is 5.91 Å². The van der Waals surface area contributed by atoms with Gasteiger partial charge in [0.25, 0.3) is 0 Å². The summed E-state index contributed by atoms with van der Waals surface area (Å²) >= 11 is 0. The van der Waals surface area contributed by atoms with Crippen LogP contribution in [0.25, 0.3) is 5.69 Å². The number of benzene rings is 1. The molecule has 0 aliphatic heterocycles. The number of carbonyl (C=O) groups is 1. The second-order valence-corrected chi connectivity index (χ2v) is 7.97. The smallest absolute Gasteiger partial charge is 0.223 e. The van der Waals surface area contributed by atoms with Gasteiger partial charge in [-0.05, 0) is 67.9 Å². The number of halogens is 1. The van der Waals surface area contributed by atoms with E-state index in [2.05, 4.69) is 10.4 Å². The van der Waals surface area contributed by atoms with Crippen LogP contribution in [0.3, 0.4) is 0 Å². The molecule has 2 saturated carbocycles. The Hall–Kier alpha value is -2.21. The van der Waals surface area contributed by atoms with Crippen molar-refractivity contribution in [1.29, 1.82) is 0 Å². The van der Waals surface area contributed by atoms with Gasteiger partial charge in [-0.2, -0.15) is 5.10 Å². The monoisotopic (exact) mass is 370 g/mol. The summed E-state index contributed by atoms with van der Waals surface area (Å²) in [6.07, 6.45) is 8.00. The fraction of sp³-hybridized carbons (Fsp3) is 0.524. The number of fused-ring (bicyclic) bond motifs is 2. The Morgan fingerprint density at radius 3 is 2.59 bits per heavy atom. The fourth-order valence-electron chi connectivity index (χ4n) is 4.69. The molecule has 27 heavy (non-hydrogen) atoms. The SMILES string of the molecule is NC1C2CCCC1CC(C(=O)NCCc1ccn(-c3ccc(F)cc3)n1)C2. The quantitative estimate of drug-likeness (QED) is 0.850. The molecular weight excluding hydrogens is 343 g/mol. The molecule has 1 aromatic carbocycles. The number of amides is 1. The summed E-state index contributed by atoms with van der Waals surface area (Å²) in [6.45, 7) is 0.581. The lowest BCUT2D eigenvalue weighted by atomic mass is 9.65. The molecule has 2 aliphatic carbocycles. The summed E-state index contributed by atoms with van der Waals surface area (Å²) < 4.78 is 14.7. The van der Waals surface area contributed by atoms with Crippen LogP contribution < -0.4 is 11.1 Å². The normalized spacial score (nSPS) is 27.3. The lowest BCUT2D eigenvalue weighted by molar-refractivity contribution is -0.127. The van der Waals surface area contributed by atoms with Crippen molar-refractivity contribution in [3.63, 3.8) is 0 Å². The molecule has 5 nitrogen and oxygen atoms in total. The van der Waals surface area contributed by atoms with E-state index in [1.807, 2.05) is 12.3 Å². The van der Waals surface area contributed by atoms with E-state index >= 15 is 0 Å². The first kappa shape index (κ1) is 18.2. The van der Waals surface area contributed by atoms with Gasteiger partial charge < -0.3 is 11.1 Å². The Kier molecular flexibility index (Phi) is 5.25. The standard InChI is InChI=1S/C21H27FN4O/c22-17-4-6-19(7-5-17)26-11-9-18(25-26)8-10-24-21(27)16-12-14-2-1-3-15(13-16)20(14)23/h4-7,9,11,14-16,20H,1-3,8,10,12-13,23H2,(H,24,27). The van der Waals surface area contributed by atoms with Gasteiger partial charge in [-0.3, -0.25) is 4.79 Å². The van der Waals surface area contributed by atoms with Gasteiger partial charge in [0.1, 0.15) is 5.82 Å². The second kappa shape index (κ2) is 7.80. The van der Waals surface area contributed by atoms with Gasteiger partial charge in [-0.1, -0.05) is 6.42 Å². The fourth-order valence-corrected chi connectivity index (χ4v) is 4.69. The molecule has 0 spiro atoms. The molecule has 2 unspecified atom stereocenters. The minimum atomic E-state index is -0.262. The van der Waals surface area contributed by atoms with Crippen LogP contribution in [0.5, 0.6) is 0 Å². The number of nitrogens with two attached hydrogens (primary N) is 1. The summed E-state index contributed by atoms with van der Waals surface area (Å²) in [6, 6.07) is 8.44. The largest absolute Gasteiger partial charge is 0.355 e. The van der Waals surface area contributed by atoms with Crippen molar-refractivity contribution in [2.45, 2.75) is 44.6 Å². The minimum Gasteiger partial charge on any atom is -0.355 e. The van der Waals surface area contributed by atoms with E-state index in [0.29, 0.717) is 30.8 Å². The van der Waals surface area contributed by atoms with Gasteiger partial charge in [-0.25, -0.2) is 9.07 Å². The van der Waals surface area contributed by atoms with Crippen molar-refractivity contribution in [1.82, 2.24) is 15.1 Å². The van der Waals surface area contributed by atoms with E-state index in [9.17, 15) is 9.18 Å². The van der Waals surface area contributed by atoms with Gasteiger partial charge in [0, 0.05) is 31.1 Å². The zero-order chi connectivity index (χ0) is 18.8. The van der Waals surface area contributed by atoms with Crippen LogP contribution in [0.1, 0.15) is 37.8 Å². The molecule has 6 heteroatoms. The van der Waals surface area contributed by atoms with Gasteiger partial charge in [0.15, 0.2) is 0 Å². The lowest BCUT2D eigenvalue weighted by Gasteiger charge is -2.43. The van der Waals surface area contributed by atoms with E-state index in [-0.39, 0.29) is 17.6 Å². The molecule has 4 rings (SSSR count). The Morgan fingerprint density at radius 1 is 1.19 bits per heavy atom. The highest BCUT2D eigenvalue weighted by Crippen LogP contribution is 2.41. The topological polar surface area (TPSA) is 72.9 Å². The van der Waals surface area contributed by atoms with Crippen molar-refractivity contribution < 1.29 is 9.18 Å². The average molecular weight is 370 g/mol. The number of hydrogen-bond donors (Lipinski definition) is 2. The maximum atomic E-state index is 13.0. The first-order valence-corrected chi connectivity index (χ1v) is 9.94. The van der Waals surface area contributed by atoms with E-state index in [4.69, 9.17) is 5.73 Å². The molecule has 2 aromatic rings. The molecule has 0 saturated heterocycles. The van der Waals surface area contributed by atoms with Crippen molar-refractivity contribution in [3.8, 4) is 5.69 Å². The Morgan fingerprint density at radius 2 is 1.89 bits per heavy atom. The highest BCUT2D eigenvalue weighted by Gasteiger charge is 2.40. The molecule has 3 N–H and O–H groups in total. The van der Waals surface area contributed by atoms with Crippen molar-refractivity contribution in [2.24, 2.45) is 23.5 Å². The molecule has 0 radical (unpaired) electrons. The van der Waals surface area contributed by atoms with Gasteiger partial charge >= 0.3 is 0 Å². The lowest BCUT2D eigenvalue weighted by Crippen LogP contribution is -2.49. The Labute approximate surface area is 159 Å². The average Bonchev–Trinajstić information content (AvgIpc) is 3.11. The highest BCUT2D eigenvalue weighted by molar-refractivity contribution is 5.78. The van der Waals surface area contributed by atoms with E-state index in [1.54, 1.807) is 16.8 Å². The number of nitrogens with zero attached hydrogens (tertiary/aromatic N) is 2. The number of nitrogens with one attached hydrogen (secondary N) is 1. The molecule has 144 valence electrons. The van der Waals surface area contributed by atoms with Crippen molar-refractivity contribution in [3.05, 3.63) is 48.0 Å². The maximum Gasteiger partial charge on any atom is 0.223 e. The minimum absolute atomic E-state index is 0.108. The Balaban J connectivity index is 1.27. The van der Waals surface area contributed by atoms with Crippen LogP contribution in [0.4, 0.5) is 4.39 Å². The number of hydrogen-bond acceptors (Lipinski definition) is 3. The number of aromatic nitrogens is 2. The van der Waals surface area contributed by atoms with Crippen LogP contribution in [0.15, 0.2) is 36.5 Å². The third kappa shape index (κ3) is 4.05. The summed E-state index contributed by atoms with van der Waals surface area (Å²) in [5.41, 5.74) is 8.04. The van der Waals surface area contributed by atoms with E-state index in [1.165, 1.54) is 31.4 Å². The molecule has 2 fully saturated rings. The molecule has 1 amide bonds. The highest BCUT2D eigenvalue weighted by atomic mass is 19.1. The van der Waals surface area contributed by atoms with E-state index in [0.717, 1.165) is 24.2 Å². The Bertz CT molecular complexity index is 774. The number of carbonyl (C=O) groups excluding carboxylic acids is 1. The summed E-state index contributed by atoms with van der Waals surface area (Å²) in [5.74, 6) is 1.04. The molecule has 2 aliphatic rings. The van der Waals surface area contributed by atoms with Crippen LogP contribution in [0, 0.1) is 23.6 Å². The summed E-state index contributed by atoms with van der Waals surface area (Å²) in [5, 5.41) is 7.59. The molecule has 2 atom stereocenters. The third-order valence-electron chi connectivity index (χ3n) is 6.20. The molecular formula is C21H27FN4O. The van der Waals surface area contributed by atoms with Gasteiger partial charge in [0.05, 0.1) is 11.4 Å². The molecule has 2 bridgehead atoms. The first-order valence-electron chi connectivity index (χ1n) is 9.94. The van der Waals surface area contributed by atoms with Crippen molar-refractivity contribution in [2.75, 3.05) is 6.54 Å². The van der Waals surface area contributed by atoms with Crippen LogP contribution >= 0.6 is 0 Å². The number of rotatable bonds is 5. The summed E-state index contributed by atoms with van der Waals surface area (Å²) in [4.78, 5) is 12.6. The predicted octanol–water partition coefficient (Wildman–Crippen LogP) is 2.82. The predicted molar refractivity (Wildman–Crippen MR) is 102 cm³/mol. The van der Waals surface area contributed by atoms with Crippen LogP contribution in [0.2, 0.25) is 0 Å². The zero-order valence-corrected chi connectivity index (χ0v) is 15.5. The first-order chi connectivity index (χ1) is 13.1. The van der Waals surface area contributed by atoms with Crippen LogP contribution in [-0.4, -0.2) is 28.3 Å². The second-order valence-electron chi connectivity index (χ2n) is 7.97. The van der Waals surface area contributed by atoms with Crippen LogP contribution in [-0.2, 0) is 11.2 Å². The van der Waals surface area contributed by atoms with E-state index < -0.39 is 0 Å². The molecule has 1 aromatic heterocycles. The third-order valence-corrected chi connectivity index (χ3v) is 6.20. The van der Waals surface area contributed by atoms with Gasteiger partial charge in [-0.15, -0.1) is 0 Å². The van der Waals surface area contributed by atoms with Gasteiger partial charge in [0.2, 0.25) is 5.91 Å².